The minimum Gasteiger partial charge on any atom is -0.340 e. The van der Waals surface area contributed by atoms with Crippen LogP contribution < -0.4 is 0 Å². The molecule has 1 heterocycles. The van der Waals surface area contributed by atoms with Gasteiger partial charge in [-0.05, 0) is 26.7 Å². The molecule has 0 unspecified atom stereocenters. The molecule has 0 N–H and O–H groups in total. The molecule has 4 heteroatoms. The van der Waals surface area contributed by atoms with Crippen LogP contribution in [0.5, 0.6) is 0 Å². The van der Waals surface area contributed by atoms with Crippen molar-refractivity contribution in [1.29, 1.82) is 0 Å². The van der Waals surface area contributed by atoms with E-state index in [9.17, 15) is 4.79 Å². The zero-order valence-electron chi connectivity index (χ0n) is 10.4. The predicted molar refractivity (Wildman–Crippen MR) is 70.9 cm³/mol. The number of carbonyl (C=O) groups is 1. The number of unbranched alkanes of at least 4 members (excludes halogenated alkanes) is 1. The molecule has 0 spiro atoms. The molecule has 0 aromatic heterocycles. The molecular formula is C12H23BrN2O. The van der Waals surface area contributed by atoms with Crippen molar-refractivity contribution in [1.82, 2.24) is 9.80 Å². The molecule has 94 valence electrons. The Balaban J connectivity index is 2.22. The highest BCUT2D eigenvalue weighted by atomic mass is 79.9. The summed E-state index contributed by atoms with van der Waals surface area (Å²) in [6, 6.07) is 0.602. The summed E-state index contributed by atoms with van der Waals surface area (Å²) in [7, 11) is 0. The highest BCUT2D eigenvalue weighted by molar-refractivity contribution is 9.09. The van der Waals surface area contributed by atoms with Gasteiger partial charge < -0.3 is 4.90 Å². The van der Waals surface area contributed by atoms with Crippen LogP contribution in [0.2, 0.25) is 0 Å². The zero-order chi connectivity index (χ0) is 12.0. The molecule has 0 bridgehead atoms. The molecule has 3 nitrogen and oxygen atoms in total. The van der Waals surface area contributed by atoms with Crippen molar-refractivity contribution in [2.75, 3.05) is 31.5 Å². The lowest BCUT2D eigenvalue weighted by Gasteiger charge is -2.37. The van der Waals surface area contributed by atoms with Gasteiger partial charge in [-0.1, -0.05) is 15.9 Å². The van der Waals surface area contributed by atoms with E-state index in [0.29, 0.717) is 18.4 Å². The minimum absolute atomic E-state index is 0.337. The molecule has 1 aliphatic rings. The summed E-state index contributed by atoms with van der Waals surface area (Å²) < 4.78 is 0. The zero-order valence-corrected chi connectivity index (χ0v) is 12.0. The number of halogens is 1. The van der Waals surface area contributed by atoms with Crippen molar-refractivity contribution in [3.8, 4) is 0 Å². The van der Waals surface area contributed by atoms with Crippen molar-refractivity contribution in [3.05, 3.63) is 0 Å². The number of alkyl halides is 1. The normalized spacial score (nSPS) is 18.1. The van der Waals surface area contributed by atoms with Gasteiger partial charge in [0, 0.05) is 44.0 Å². The van der Waals surface area contributed by atoms with E-state index in [-0.39, 0.29) is 0 Å². The molecule has 0 saturated carbocycles. The first-order chi connectivity index (χ1) is 7.65. The monoisotopic (exact) mass is 290 g/mol. The summed E-state index contributed by atoms with van der Waals surface area (Å²) in [5, 5.41) is 1.00. The fourth-order valence-corrected chi connectivity index (χ4v) is 2.41. The van der Waals surface area contributed by atoms with E-state index in [1.165, 1.54) is 0 Å². The Morgan fingerprint density at radius 1 is 1.19 bits per heavy atom. The molecule has 0 aliphatic carbocycles. The number of hydrogen-bond donors (Lipinski definition) is 0. The molecule has 0 aromatic carbocycles. The SMILES string of the molecule is CC(C)N1CCN(C(=O)CCCCBr)CC1. The summed E-state index contributed by atoms with van der Waals surface area (Å²) in [5.41, 5.74) is 0. The lowest BCUT2D eigenvalue weighted by molar-refractivity contribution is -0.133. The second-order valence-corrected chi connectivity index (χ2v) is 5.45. The van der Waals surface area contributed by atoms with E-state index in [1.807, 2.05) is 4.90 Å². The summed E-state index contributed by atoms with van der Waals surface area (Å²) in [5.74, 6) is 0.337. The average molecular weight is 291 g/mol. The van der Waals surface area contributed by atoms with E-state index in [4.69, 9.17) is 0 Å². The average Bonchev–Trinajstić information content (AvgIpc) is 2.29. The van der Waals surface area contributed by atoms with Gasteiger partial charge in [0.05, 0.1) is 0 Å². The number of piperazine rings is 1. The summed E-state index contributed by atoms with van der Waals surface area (Å²) in [6.07, 6.45) is 2.82. The molecule has 1 fully saturated rings. The number of carbonyl (C=O) groups excluding carboxylic acids is 1. The molecule has 1 rings (SSSR count). The molecule has 1 saturated heterocycles. The van der Waals surface area contributed by atoms with Crippen molar-refractivity contribution in [2.24, 2.45) is 0 Å². The Labute approximate surface area is 107 Å². The van der Waals surface area contributed by atoms with Crippen LogP contribution in [-0.2, 0) is 4.79 Å². The first-order valence-electron chi connectivity index (χ1n) is 6.23. The van der Waals surface area contributed by atoms with Gasteiger partial charge in [0.25, 0.3) is 0 Å². The Hall–Kier alpha value is -0.0900. The smallest absolute Gasteiger partial charge is 0.222 e. The standard InChI is InChI=1S/C12H23BrN2O/c1-11(2)14-7-9-15(10-8-14)12(16)5-3-4-6-13/h11H,3-10H2,1-2H3. The Kier molecular flexibility index (Phi) is 6.36. The van der Waals surface area contributed by atoms with E-state index in [1.54, 1.807) is 0 Å². The Morgan fingerprint density at radius 3 is 2.31 bits per heavy atom. The van der Waals surface area contributed by atoms with Gasteiger partial charge in [0.15, 0.2) is 0 Å². The third-order valence-corrected chi connectivity index (χ3v) is 3.73. The topological polar surface area (TPSA) is 23.6 Å². The fraction of sp³-hybridized carbons (Fsp3) is 0.917. The quantitative estimate of drug-likeness (QED) is 0.572. The summed E-state index contributed by atoms with van der Waals surface area (Å²) in [6.45, 7) is 8.31. The molecule has 16 heavy (non-hydrogen) atoms. The van der Waals surface area contributed by atoms with Crippen LogP contribution in [0.25, 0.3) is 0 Å². The van der Waals surface area contributed by atoms with Crippen LogP contribution in [0.3, 0.4) is 0 Å². The van der Waals surface area contributed by atoms with Crippen LogP contribution in [0, 0.1) is 0 Å². The lowest BCUT2D eigenvalue weighted by Crippen LogP contribution is -2.50. The van der Waals surface area contributed by atoms with Crippen LogP contribution in [-0.4, -0.2) is 53.3 Å². The van der Waals surface area contributed by atoms with E-state index < -0.39 is 0 Å². The van der Waals surface area contributed by atoms with Crippen molar-refractivity contribution < 1.29 is 4.79 Å². The summed E-state index contributed by atoms with van der Waals surface area (Å²) >= 11 is 3.39. The second kappa shape index (κ2) is 7.28. The first-order valence-corrected chi connectivity index (χ1v) is 7.35. The molecule has 0 atom stereocenters. The first kappa shape index (κ1) is 14.0. The van der Waals surface area contributed by atoms with E-state index in [2.05, 4.69) is 34.7 Å². The van der Waals surface area contributed by atoms with Crippen molar-refractivity contribution in [3.63, 3.8) is 0 Å². The second-order valence-electron chi connectivity index (χ2n) is 4.66. The third kappa shape index (κ3) is 4.42. The fourth-order valence-electron chi connectivity index (χ4n) is 2.02. The van der Waals surface area contributed by atoms with Crippen LogP contribution in [0.1, 0.15) is 33.1 Å². The lowest BCUT2D eigenvalue weighted by atomic mass is 10.2. The predicted octanol–water partition coefficient (Wildman–Crippen LogP) is 2.10. The van der Waals surface area contributed by atoms with E-state index in [0.717, 1.165) is 44.4 Å². The molecule has 1 amide bonds. The highest BCUT2D eigenvalue weighted by Crippen LogP contribution is 2.09. The van der Waals surface area contributed by atoms with Gasteiger partial charge in [0.2, 0.25) is 5.91 Å². The molecule has 0 radical (unpaired) electrons. The maximum Gasteiger partial charge on any atom is 0.222 e. The maximum absolute atomic E-state index is 11.8. The van der Waals surface area contributed by atoms with Gasteiger partial charge in [-0.2, -0.15) is 0 Å². The molecule has 1 aliphatic heterocycles. The number of rotatable bonds is 5. The van der Waals surface area contributed by atoms with Crippen LogP contribution >= 0.6 is 15.9 Å². The third-order valence-electron chi connectivity index (χ3n) is 3.17. The maximum atomic E-state index is 11.8. The molecule has 0 aromatic rings. The van der Waals surface area contributed by atoms with Gasteiger partial charge in [-0.25, -0.2) is 0 Å². The summed E-state index contributed by atoms with van der Waals surface area (Å²) in [4.78, 5) is 16.3. The van der Waals surface area contributed by atoms with E-state index >= 15 is 0 Å². The van der Waals surface area contributed by atoms with Gasteiger partial charge in [-0.3, -0.25) is 9.69 Å². The van der Waals surface area contributed by atoms with Gasteiger partial charge >= 0.3 is 0 Å². The Bertz CT molecular complexity index is 213. The highest BCUT2D eigenvalue weighted by Gasteiger charge is 2.21. The Morgan fingerprint density at radius 2 is 1.81 bits per heavy atom. The minimum atomic E-state index is 0.337. The van der Waals surface area contributed by atoms with Crippen LogP contribution in [0.4, 0.5) is 0 Å². The van der Waals surface area contributed by atoms with Crippen molar-refractivity contribution in [2.45, 2.75) is 39.2 Å². The van der Waals surface area contributed by atoms with Gasteiger partial charge in [0.1, 0.15) is 0 Å². The molecular weight excluding hydrogens is 268 g/mol. The number of hydrogen-bond acceptors (Lipinski definition) is 2. The number of amides is 1. The van der Waals surface area contributed by atoms with Crippen LogP contribution in [0.15, 0.2) is 0 Å². The van der Waals surface area contributed by atoms with Crippen molar-refractivity contribution >= 4 is 21.8 Å². The largest absolute Gasteiger partial charge is 0.340 e. The van der Waals surface area contributed by atoms with Gasteiger partial charge in [-0.15, -0.1) is 0 Å². The number of nitrogens with zero attached hydrogens (tertiary/aromatic N) is 2.